The molecule has 2 fully saturated rings. The van der Waals surface area contributed by atoms with Crippen molar-refractivity contribution in [1.82, 2.24) is 39.0 Å². The zero-order chi connectivity index (χ0) is 30.6. The first-order chi connectivity index (χ1) is 20.5. The van der Waals surface area contributed by atoms with Crippen LogP contribution >= 0.6 is 7.82 Å². The Morgan fingerprint density at radius 2 is 1.72 bits per heavy atom. The molecule has 232 valence electrons. The van der Waals surface area contributed by atoms with E-state index in [4.69, 9.17) is 30.0 Å². The fourth-order valence-corrected chi connectivity index (χ4v) is 5.95. The van der Waals surface area contributed by atoms with Gasteiger partial charge in [0.05, 0.1) is 32.0 Å². The average molecular weight is 628 g/mol. The number of imidazole rings is 2. The van der Waals surface area contributed by atoms with Crippen LogP contribution in [0.4, 0.5) is 16.2 Å². The van der Waals surface area contributed by atoms with Crippen LogP contribution in [-0.4, -0.2) is 109 Å². The number of fused-ring (bicyclic) bond motifs is 2. The van der Waals surface area contributed by atoms with Gasteiger partial charge in [0, 0.05) is 6.42 Å². The summed E-state index contributed by atoms with van der Waals surface area (Å²) >= 11 is 0. The summed E-state index contributed by atoms with van der Waals surface area (Å²) in [5.74, 6) is -0.171. The molecule has 0 radical (unpaired) electrons. The second kappa shape index (κ2) is 11.1. The molecule has 0 amide bonds. The first-order valence-corrected chi connectivity index (χ1v) is 14.2. The highest BCUT2D eigenvalue weighted by Crippen LogP contribution is 2.50. The number of phosphoric acid groups is 1. The Morgan fingerprint density at radius 3 is 2.47 bits per heavy atom. The van der Waals surface area contributed by atoms with Crippen LogP contribution in [0.2, 0.25) is 0 Å². The third-order valence-corrected chi connectivity index (χ3v) is 8.10. The number of hydrogen-bond donors (Lipinski definition) is 7. The molecule has 4 aromatic heterocycles. The first-order valence-electron chi connectivity index (χ1n) is 12.7. The smallest absolute Gasteiger partial charge is 0.394 e. The Hall–Kier alpha value is -3.66. The van der Waals surface area contributed by atoms with Gasteiger partial charge in [-0.15, -0.1) is 0 Å². The van der Waals surface area contributed by atoms with Gasteiger partial charge in [-0.3, -0.25) is 28.0 Å². The summed E-state index contributed by atoms with van der Waals surface area (Å²) in [5, 5.41) is 30.7. The van der Waals surface area contributed by atoms with Crippen molar-refractivity contribution >= 4 is 41.9 Å². The highest BCUT2D eigenvalue weighted by molar-refractivity contribution is 7.47. The molecule has 0 aromatic carbocycles. The molecule has 1 unspecified atom stereocenters. The van der Waals surface area contributed by atoms with Gasteiger partial charge in [0.1, 0.15) is 36.3 Å². The molecule has 6 rings (SSSR count). The SMILES string of the molecule is Nc1nc2c(ncn2[C@@H]2O[C@H](CO)[C@H](F)[C@H]2OP(=O)(O)OCC[C@H]2O[C@@H](n3cnc4c(N)ncnc43)[C@H](O)[C@@H]2O)c(=O)[nH]1. The highest BCUT2D eigenvalue weighted by atomic mass is 31.2. The molecule has 2 saturated heterocycles. The van der Waals surface area contributed by atoms with Crippen molar-refractivity contribution in [2.24, 2.45) is 0 Å². The van der Waals surface area contributed by atoms with Crippen molar-refractivity contribution in [2.75, 3.05) is 24.7 Å². The monoisotopic (exact) mass is 628 g/mol. The number of nitrogen functional groups attached to an aromatic ring is 2. The van der Waals surface area contributed by atoms with E-state index in [2.05, 4.69) is 29.9 Å². The second-order valence-electron chi connectivity index (χ2n) is 9.76. The van der Waals surface area contributed by atoms with Gasteiger partial charge in [-0.2, -0.15) is 4.98 Å². The van der Waals surface area contributed by atoms with Gasteiger partial charge in [-0.05, 0) is 0 Å². The zero-order valence-electron chi connectivity index (χ0n) is 21.8. The van der Waals surface area contributed by atoms with Gasteiger partial charge in [0.2, 0.25) is 5.95 Å². The Bertz CT molecular complexity index is 1750. The van der Waals surface area contributed by atoms with Gasteiger partial charge in [0.25, 0.3) is 5.56 Å². The summed E-state index contributed by atoms with van der Waals surface area (Å²) in [4.78, 5) is 44.7. The summed E-state index contributed by atoms with van der Waals surface area (Å²) in [7, 11) is -5.02. The van der Waals surface area contributed by atoms with Gasteiger partial charge >= 0.3 is 7.82 Å². The Labute approximate surface area is 238 Å². The number of aromatic amines is 1. The number of aromatic nitrogens is 8. The molecular weight excluding hydrogens is 602 g/mol. The van der Waals surface area contributed by atoms with Crippen LogP contribution in [0.5, 0.6) is 0 Å². The predicted molar refractivity (Wildman–Crippen MR) is 139 cm³/mol. The maximum atomic E-state index is 15.2. The number of halogens is 1. The van der Waals surface area contributed by atoms with E-state index in [0.717, 1.165) is 10.9 Å². The summed E-state index contributed by atoms with van der Waals surface area (Å²) in [6, 6.07) is 0. The molecule has 4 aromatic rings. The molecule has 9 N–H and O–H groups in total. The summed E-state index contributed by atoms with van der Waals surface area (Å²) in [6.45, 7) is -1.34. The zero-order valence-corrected chi connectivity index (χ0v) is 22.7. The number of anilines is 2. The number of hydrogen-bond acceptors (Lipinski definition) is 16. The van der Waals surface area contributed by atoms with Crippen LogP contribution in [-0.2, 0) is 23.1 Å². The van der Waals surface area contributed by atoms with E-state index in [0.29, 0.717) is 0 Å². The molecule has 6 heterocycles. The average Bonchev–Trinajstić information content (AvgIpc) is 3.71. The number of rotatable bonds is 9. The van der Waals surface area contributed by atoms with E-state index < -0.39 is 75.7 Å². The van der Waals surface area contributed by atoms with Gasteiger partial charge < -0.3 is 41.2 Å². The van der Waals surface area contributed by atoms with Crippen molar-refractivity contribution in [3.63, 3.8) is 0 Å². The van der Waals surface area contributed by atoms with Crippen molar-refractivity contribution < 1.29 is 47.7 Å². The number of nitrogens with two attached hydrogens (primary N) is 2. The van der Waals surface area contributed by atoms with Crippen LogP contribution in [0.3, 0.4) is 0 Å². The van der Waals surface area contributed by atoms with Crippen molar-refractivity contribution in [3.05, 3.63) is 29.3 Å². The van der Waals surface area contributed by atoms with Crippen LogP contribution < -0.4 is 17.0 Å². The molecule has 9 atom stereocenters. The first kappa shape index (κ1) is 29.4. The van der Waals surface area contributed by atoms with Crippen molar-refractivity contribution in [1.29, 1.82) is 0 Å². The minimum atomic E-state index is -5.02. The minimum absolute atomic E-state index is 0.103. The normalized spacial score (nSPS) is 30.8. The number of alkyl halides is 1. The maximum absolute atomic E-state index is 15.2. The lowest BCUT2D eigenvalue weighted by Crippen LogP contribution is -2.32. The number of phosphoric ester groups is 1. The molecule has 20 nitrogen and oxygen atoms in total. The number of nitrogens with one attached hydrogen (secondary N) is 1. The molecule has 22 heteroatoms. The number of aliphatic hydroxyl groups is 3. The van der Waals surface area contributed by atoms with Crippen LogP contribution in [0.1, 0.15) is 18.9 Å². The topological polar surface area (TPSA) is 294 Å². The van der Waals surface area contributed by atoms with Crippen LogP contribution in [0.25, 0.3) is 22.3 Å². The van der Waals surface area contributed by atoms with Gasteiger partial charge in [-0.1, -0.05) is 0 Å². The second-order valence-corrected chi connectivity index (χ2v) is 11.2. The lowest BCUT2D eigenvalue weighted by Gasteiger charge is -2.23. The van der Waals surface area contributed by atoms with Crippen molar-refractivity contribution in [3.8, 4) is 0 Å². The Kier molecular flexibility index (Phi) is 7.61. The lowest BCUT2D eigenvalue weighted by atomic mass is 10.1. The van der Waals surface area contributed by atoms with E-state index >= 15 is 4.39 Å². The number of nitrogens with zero attached hydrogens (tertiary/aromatic N) is 7. The molecule has 0 spiro atoms. The van der Waals surface area contributed by atoms with Gasteiger partial charge in [-0.25, -0.2) is 28.9 Å². The minimum Gasteiger partial charge on any atom is -0.394 e. The van der Waals surface area contributed by atoms with Crippen LogP contribution in [0, 0.1) is 0 Å². The number of ether oxygens (including phenoxy) is 2. The quantitative estimate of drug-likeness (QED) is 0.0973. The Morgan fingerprint density at radius 1 is 1.02 bits per heavy atom. The van der Waals surface area contributed by atoms with E-state index in [9.17, 15) is 29.6 Å². The van der Waals surface area contributed by atoms with E-state index in [1.807, 2.05) is 0 Å². The fraction of sp³-hybridized carbons (Fsp3) is 0.524. The summed E-state index contributed by atoms with van der Waals surface area (Å²) in [6.07, 6.45) is -8.60. The third-order valence-electron chi connectivity index (χ3n) is 7.08. The molecule has 0 aliphatic carbocycles. The molecule has 0 saturated carbocycles. The third kappa shape index (κ3) is 5.24. The largest absolute Gasteiger partial charge is 0.472 e. The molecule has 0 bridgehead atoms. The fourth-order valence-electron chi connectivity index (χ4n) is 5.03. The Balaban J connectivity index is 1.13. The highest BCUT2D eigenvalue weighted by Gasteiger charge is 2.51. The van der Waals surface area contributed by atoms with Crippen LogP contribution in [0.15, 0.2) is 23.8 Å². The summed E-state index contributed by atoms with van der Waals surface area (Å²) in [5.41, 5.74) is 10.9. The molecule has 2 aliphatic heterocycles. The maximum Gasteiger partial charge on any atom is 0.472 e. The summed E-state index contributed by atoms with van der Waals surface area (Å²) < 4.78 is 51.9. The molecule has 2 aliphatic rings. The van der Waals surface area contributed by atoms with E-state index in [1.165, 1.54) is 17.2 Å². The van der Waals surface area contributed by atoms with Crippen molar-refractivity contribution in [2.45, 2.75) is 55.6 Å². The molecule has 43 heavy (non-hydrogen) atoms. The van der Waals surface area contributed by atoms with Gasteiger partial charge in [0.15, 0.2) is 41.3 Å². The number of aliphatic hydroxyl groups excluding tert-OH is 3. The standard InChI is InChI=1S/C21H26FN10O10P/c22-9-8(3-33)41-20(32-6-28-11-17(32)29-21(24)30-18(11)36)14(9)42-43(37,38)39-2-1-7-12(34)13(35)19(40-7)31-5-27-10-15(23)25-4-26-16(10)31/h4-9,12-14,19-20,33-35H,1-3H2,(H,37,38)(H2,23,25,26)(H3,24,29,30,36)/t7-,8-,9+,12-,13-,14-,19-,20-/m1/s1. The lowest BCUT2D eigenvalue weighted by molar-refractivity contribution is -0.0522. The van der Waals surface area contributed by atoms with E-state index in [1.54, 1.807) is 0 Å². The van der Waals surface area contributed by atoms with E-state index in [-0.39, 0.29) is 40.5 Å². The number of H-pyrrole nitrogens is 1. The predicted octanol–water partition coefficient (Wildman–Crippen LogP) is -2.14. The molecular formula is C21H26FN10O10P.